The van der Waals surface area contributed by atoms with E-state index in [0.717, 1.165) is 18.1 Å². The van der Waals surface area contributed by atoms with E-state index in [1.807, 2.05) is 7.11 Å². The minimum absolute atomic E-state index is 0.744. The van der Waals surface area contributed by atoms with Crippen LogP contribution >= 0.6 is 0 Å². The second kappa shape index (κ2) is 7.06. The fourth-order valence-corrected chi connectivity index (χ4v) is 6.32. The molecule has 0 N–H and O–H groups in total. The van der Waals surface area contributed by atoms with Crippen LogP contribution in [0.25, 0.3) is 0 Å². The molecule has 106 valence electrons. The maximum atomic E-state index is 6.37. The molecule has 18 heavy (non-hydrogen) atoms. The molecule has 1 atom stereocenters. The average Bonchev–Trinajstić information content (AvgIpc) is 2.81. The zero-order chi connectivity index (χ0) is 12.8. The van der Waals surface area contributed by atoms with Crippen LogP contribution in [-0.2, 0) is 8.85 Å². The van der Waals surface area contributed by atoms with Gasteiger partial charge in [-0.15, -0.1) is 0 Å². The van der Waals surface area contributed by atoms with Crippen LogP contribution in [0.1, 0.15) is 64.2 Å². The molecule has 0 bridgehead atoms. The Morgan fingerprint density at radius 2 is 1.44 bits per heavy atom. The minimum Gasteiger partial charge on any atom is -0.398 e. The van der Waals surface area contributed by atoms with Gasteiger partial charge in [0.25, 0.3) is 0 Å². The highest BCUT2D eigenvalue weighted by molar-refractivity contribution is 6.67. The summed E-state index contributed by atoms with van der Waals surface area (Å²) in [6.07, 6.45) is 13.8. The van der Waals surface area contributed by atoms with Crippen LogP contribution < -0.4 is 0 Å². The van der Waals surface area contributed by atoms with Gasteiger partial charge in [-0.1, -0.05) is 38.5 Å². The van der Waals surface area contributed by atoms with Gasteiger partial charge in [0.2, 0.25) is 0 Å². The van der Waals surface area contributed by atoms with E-state index in [2.05, 4.69) is 6.55 Å². The predicted molar refractivity (Wildman–Crippen MR) is 78.0 cm³/mol. The third kappa shape index (κ3) is 3.81. The van der Waals surface area contributed by atoms with Gasteiger partial charge in [-0.05, 0) is 38.1 Å². The lowest BCUT2D eigenvalue weighted by Gasteiger charge is -2.32. The largest absolute Gasteiger partial charge is 0.398 e. The lowest BCUT2D eigenvalue weighted by atomic mass is 10.0. The molecule has 3 heteroatoms. The van der Waals surface area contributed by atoms with Crippen molar-refractivity contribution in [2.45, 2.75) is 76.3 Å². The summed E-state index contributed by atoms with van der Waals surface area (Å²) in [4.78, 5) is 0. The van der Waals surface area contributed by atoms with Crippen LogP contribution in [0.5, 0.6) is 0 Å². The van der Waals surface area contributed by atoms with Gasteiger partial charge in [0.1, 0.15) is 0 Å². The summed E-state index contributed by atoms with van der Waals surface area (Å²) in [6.45, 7) is 3.26. The number of rotatable bonds is 5. The molecular weight excluding hydrogens is 240 g/mol. The van der Waals surface area contributed by atoms with Crippen LogP contribution in [0.2, 0.25) is 12.1 Å². The van der Waals surface area contributed by atoms with Gasteiger partial charge in [0.05, 0.1) is 0 Å². The van der Waals surface area contributed by atoms with Gasteiger partial charge in [0, 0.05) is 19.3 Å². The van der Waals surface area contributed by atoms with Crippen molar-refractivity contribution >= 4 is 8.56 Å². The van der Waals surface area contributed by atoms with Gasteiger partial charge < -0.3 is 8.85 Å². The van der Waals surface area contributed by atoms with Crippen LogP contribution in [-0.4, -0.2) is 22.3 Å². The lowest BCUT2D eigenvalue weighted by Crippen LogP contribution is -2.43. The molecule has 2 aliphatic rings. The Hall–Kier alpha value is 0.137. The molecule has 0 saturated heterocycles. The molecule has 1 unspecified atom stereocenters. The molecule has 2 aliphatic carbocycles. The van der Waals surface area contributed by atoms with E-state index >= 15 is 0 Å². The van der Waals surface area contributed by atoms with Crippen molar-refractivity contribution in [1.29, 1.82) is 0 Å². The normalized spacial score (nSPS) is 27.0. The molecule has 0 amide bonds. The highest BCUT2D eigenvalue weighted by atomic mass is 28.4. The maximum absolute atomic E-state index is 6.37. The zero-order valence-electron chi connectivity index (χ0n) is 12.2. The van der Waals surface area contributed by atoms with Gasteiger partial charge in [-0.25, -0.2) is 0 Å². The molecule has 0 spiro atoms. The smallest absolute Gasteiger partial charge is 0.337 e. The number of hydrogen-bond donors (Lipinski definition) is 0. The molecule has 0 heterocycles. The zero-order valence-corrected chi connectivity index (χ0v) is 13.2. The van der Waals surface area contributed by atoms with Crippen LogP contribution in [0.4, 0.5) is 0 Å². The van der Waals surface area contributed by atoms with E-state index in [-0.39, 0.29) is 0 Å². The first-order chi connectivity index (χ1) is 8.74. The Bertz CT molecular complexity index is 233. The SMILES string of the molecule is CO[Si](C)(OCC1CCCCCC1)C1CCCC1. The molecule has 2 nitrogen and oxygen atoms in total. The summed E-state index contributed by atoms with van der Waals surface area (Å²) in [7, 11) is -0.0181. The van der Waals surface area contributed by atoms with Crippen molar-refractivity contribution in [3.63, 3.8) is 0 Å². The van der Waals surface area contributed by atoms with Gasteiger partial charge in [-0.3, -0.25) is 0 Å². The first-order valence-corrected chi connectivity index (χ1v) is 10.3. The monoisotopic (exact) mass is 270 g/mol. The Kier molecular flexibility index (Phi) is 5.71. The van der Waals surface area contributed by atoms with E-state index < -0.39 is 8.56 Å². The van der Waals surface area contributed by atoms with E-state index in [1.54, 1.807) is 0 Å². The first-order valence-electron chi connectivity index (χ1n) is 7.94. The maximum Gasteiger partial charge on any atom is 0.337 e. The Labute approximate surface area is 114 Å². The van der Waals surface area contributed by atoms with Crippen molar-refractivity contribution in [1.82, 2.24) is 0 Å². The molecule has 2 saturated carbocycles. The molecular formula is C15H30O2Si. The Morgan fingerprint density at radius 3 is 2.00 bits per heavy atom. The first kappa shape index (κ1) is 14.5. The van der Waals surface area contributed by atoms with Gasteiger partial charge in [-0.2, -0.15) is 0 Å². The second-order valence-corrected chi connectivity index (χ2v) is 9.92. The third-order valence-corrected chi connectivity index (χ3v) is 8.69. The Morgan fingerprint density at radius 1 is 0.889 bits per heavy atom. The van der Waals surface area contributed by atoms with Crippen LogP contribution in [0.3, 0.4) is 0 Å². The summed E-state index contributed by atoms with van der Waals surface area (Å²) in [5.41, 5.74) is 0.744. The van der Waals surface area contributed by atoms with Crippen molar-refractivity contribution in [3.05, 3.63) is 0 Å². The van der Waals surface area contributed by atoms with Crippen LogP contribution in [0, 0.1) is 5.92 Å². The second-order valence-electron chi connectivity index (χ2n) is 6.37. The topological polar surface area (TPSA) is 18.5 Å². The van der Waals surface area contributed by atoms with E-state index in [9.17, 15) is 0 Å². The van der Waals surface area contributed by atoms with Gasteiger partial charge >= 0.3 is 8.56 Å². The Balaban J connectivity index is 1.81. The summed E-state index contributed by atoms with van der Waals surface area (Å²) in [6, 6.07) is 0. The van der Waals surface area contributed by atoms with E-state index in [4.69, 9.17) is 8.85 Å². The summed E-state index contributed by atoms with van der Waals surface area (Å²) < 4.78 is 12.2. The molecule has 2 fully saturated rings. The molecule has 0 aromatic carbocycles. The highest BCUT2D eigenvalue weighted by Gasteiger charge is 2.42. The summed E-state index contributed by atoms with van der Waals surface area (Å²) in [5.74, 6) is 0.802. The molecule has 0 radical (unpaired) electrons. The van der Waals surface area contributed by atoms with Crippen LogP contribution in [0.15, 0.2) is 0 Å². The fraction of sp³-hybridized carbons (Fsp3) is 1.00. The summed E-state index contributed by atoms with van der Waals surface area (Å²) >= 11 is 0. The predicted octanol–water partition coefficient (Wildman–Crippen LogP) is 4.64. The molecule has 0 aromatic rings. The molecule has 0 aromatic heterocycles. The van der Waals surface area contributed by atoms with Crippen molar-refractivity contribution < 1.29 is 8.85 Å². The van der Waals surface area contributed by atoms with E-state index in [1.165, 1.54) is 64.2 Å². The van der Waals surface area contributed by atoms with Gasteiger partial charge in [0.15, 0.2) is 0 Å². The molecule has 2 rings (SSSR count). The lowest BCUT2D eigenvalue weighted by molar-refractivity contribution is 0.155. The van der Waals surface area contributed by atoms with Crippen molar-refractivity contribution in [3.8, 4) is 0 Å². The minimum atomic E-state index is -1.89. The standard InChI is InChI=1S/C15H30O2Si/c1-16-18(2,15-11-7-8-12-15)17-13-14-9-5-3-4-6-10-14/h14-15H,3-13H2,1-2H3. The third-order valence-electron chi connectivity index (χ3n) is 5.08. The van der Waals surface area contributed by atoms with Crippen molar-refractivity contribution in [2.24, 2.45) is 5.92 Å². The number of hydrogen-bond acceptors (Lipinski definition) is 2. The van der Waals surface area contributed by atoms with E-state index in [0.29, 0.717) is 0 Å². The average molecular weight is 270 g/mol. The molecule has 0 aliphatic heterocycles. The quantitative estimate of drug-likeness (QED) is 0.535. The highest BCUT2D eigenvalue weighted by Crippen LogP contribution is 2.39. The fourth-order valence-electron chi connectivity index (χ4n) is 3.61. The summed E-state index contributed by atoms with van der Waals surface area (Å²) in [5, 5.41) is 0. The van der Waals surface area contributed by atoms with Crippen molar-refractivity contribution in [2.75, 3.05) is 13.7 Å².